The second-order valence-electron chi connectivity index (χ2n) is 3.75. The Balaban J connectivity index is 2.09. The van der Waals surface area contributed by atoms with Gasteiger partial charge in [-0.05, 0) is 23.3 Å². The van der Waals surface area contributed by atoms with Crippen LogP contribution in [0.4, 0.5) is 5.69 Å². The van der Waals surface area contributed by atoms with E-state index in [9.17, 15) is 14.9 Å². The standard InChI is InChI=1S/C11H10BN2O3/c15-8-12-13-6-5-10(7-13)9-1-3-11(4-2-9)14(16)17/h1-5,8H,6-7H2. The number of rotatable bonds is 4. The normalized spacial score (nSPS) is 15.4. The Morgan fingerprint density at radius 1 is 1.35 bits per heavy atom. The molecule has 0 aliphatic carbocycles. The highest BCUT2D eigenvalue weighted by Gasteiger charge is 2.16. The molecule has 1 aliphatic heterocycles. The molecular formula is C11H10BN2O3. The summed E-state index contributed by atoms with van der Waals surface area (Å²) in [7, 11) is 1.49. The van der Waals surface area contributed by atoms with Crippen molar-refractivity contribution in [3.63, 3.8) is 0 Å². The van der Waals surface area contributed by atoms with Gasteiger partial charge in [0.15, 0.2) is 0 Å². The van der Waals surface area contributed by atoms with Gasteiger partial charge in [0.2, 0.25) is 0 Å². The van der Waals surface area contributed by atoms with Crippen molar-refractivity contribution in [1.29, 1.82) is 0 Å². The van der Waals surface area contributed by atoms with Crippen molar-refractivity contribution < 1.29 is 9.72 Å². The molecule has 0 spiro atoms. The molecule has 6 heteroatoms. The van der Waals surface area contributed by atoms with E-state index in [1.54, 1.807) is 12.1 Å². The summed E-state index contributed by atoms with van der Waals surface area (Å²) < 4.78 is 0. The second kappa shape index (κ2) is 4.92. The third kappa shape index (κ3) is 2.60. The molecule has 1 aromatic carbocycles. The van der Waals surface area contributed by atoms with Crippen LogP contribution >= 0.6 is 0 Å². The number of nitrogens with zero attached hydrogens (tertiary/aromatic N) is 2. The van der Waals surface area contributed by atoms with Crippen molar-refractivity contribution in [2.75, 3.05) is 13.1 Å². The maximum Gasteiger partial charge on any atom is 0.293 e. The Kier molecular flexibility index (Phi) is 3.34. The van der Waals surface area contributed by atoms with E-state index in [4.69, 9.17) is 0 Å². The van der Waals surface area contributed by atoms with Crippen LogP contribution in [-0.2, 0) is 4.79 Å². The highest BCUT2D eigenvalue weighted by atomic mass is 16.6. The second-order valence-corrected chi connectivity index (χ2v) is 3.75. The number of benzene rings is 1. The van der Waals surface area contributed by atoms with Crippen LogP contribution in [0.2, 0.25) is 0 Å². The molecule has 1 heterocycles. The van der Waals surface area contributed by atoms with Gasteiger partial charge < -0.3 is 9.61 Å². The molecule has 0 N–H and O–H groups in total. The van der Waals surface area contributed by atoms with E-state index in [-0.39, 0.29) is 5.69 Å². The Labute approximate surface area is 99.1 Å². The van der Waals surface area contributed by atoms with Crippen LogP contribution in [0.15, 0.2) is 30.3 Å². The predicted octanol–water partition coefficient (Wildman–Crippen LogP) is 1.10. The van der Waals surface area contributed by atoms with E-state index in [0.717, 1.165) is 17.3 Å². The maximum atomic E-state index is 10.5. The first-order chi connectivity index (χ1) is 8.20. The van der Waals surface area contributed by atoms with Crippen molar-refractivity contribution in [2.45, 2.75) is 0 Å². The number of non-ortho nitro benzene ring substituents is 1. The molecule has 0 saturated carbocycles. The van der Waals surface area contributed by atoms with Gasteiger partial charge in [-0.1, -0.05) is 6.08 Å². The molecular weight excluding hydrogens is 219 g/mol. The largest absolute Gasteiger partial charge is 0.333 e. The molecule has 2 rings (SSSR count). The maximum absolute atomic E-state index is 10.5. The number of nitro benzene ring substituents is 1. The number of hydrogen-bond acceptors (Lipinski definition) is 4. The molecule has 0 saturated heterocycles. The summed E-state index contributed by atoms with van der Waals surface area (Å²) >= 11 is 0. The minimum atomic E-state index is -0.417. The van der Waals surface area contributed by atoms with Gasteiger partial charge in [0.25, 0.3) is 13.1 Å². The van der Waals surface area contributed by atoms with Gasteiger partial charge in [-0.25, -0.2) is 0 Å². The van der Waals surface area contributed by atoms with Crippen molar-refractivity contribution >= 4 is 24.9 Å². The molecule has 0 fully saturated rings. The summed E-state index contributed by atoms with van der Waals surface area (Å²) in [5.74, 6) is 0. The Morgan fingerprint density at radius 2 is 2.06 bits per heavy atom. The van der Waals surface area contributed by atoms with Gasteiger partial charge in [0.05, 0.1) is 11.1 Å². The molecule has 85 valence electrons. The smallest absolute Gasteiger partial charge is 0.293 e. The minimum Gasteiger partial charge on any atom is -0.333 e. The van der Waals surface area contributed by atoms with Gasteiger partial charge in [0.1, 0.15) is 0 Å². The average Bonchev–Trinajstić information content (AvgIpc) is 2.78. The van der Waals surface area contributed by atoms with Gasteiger partial charge in [-0.2, -0.15) is 0 Å². The lowest BCUT2D eigenvalue weighted by molar-refractivity contribution is -0.384. The van der Waals surface area contributed by atoms with Gasteiger partial charge in [-0.3, -0.25) is 10.1 Å². The first-order valence-corrected chi connectivity index (χ1v) is 5.17. The monoisotopic (exact) mass is 229 g/mol. The third-order valence-electron chi connectivity index (χ3n) is 2.67. The van der Waals surface area contributed by atoms with Gasteiger partial charge in [-0.15, -0.1) is 0 Å². The molecule has 1 aromatic rings. The molecule has 0 bridgehead atoms. The molecule has 0 unspecified atom stereocenters. The van der Waals surface area contributed by atoms with E-state index >= 15 is 0 Å². The van der Waals surface area contributed by atoms with Crippen LogP contribution < -0.4 is 0 Å². The van der Waals surface area contributed by atoms with Crippen LogP contribution in [0, 0.1) is 10.1 Å². The topological polar surface area (TPSA) is 63.5 Å². The number of carbonyl (C=O) groups is 1. The Bertz CT molecular complexity index is 470. The molecule has 0 amide bonds. The van der Waals surface area contributed by atoms with E-state index < -0.39 is 4.92 Å². The summed E-state index contributed by atoms with van der Waals surface area (Å²) in [5.41, 5.74) is 2.12. The zero-order valence-corrected chi connectivity index (χ0v) is 9.07. The summed E-state index contributed by atoms with van der Waals surface area (Å²) in [6, 6.07) is 6.44. The summed E-state index contributed by atoms with van der Waals surface area (Å²) in [4.78, 5) is 22.3. The fourth-order valence-corrected chi connectivity index (χ4v) is 1.78. The Hall–Kier alpha value is -1.95. The first kappa shape index (κ1) is 11.5. The molecule has 0 aromatic heterocycles. The predicted molar refractivity (Wildman–Crippen MR) is 65.2 cm³/mol. The number of nitro groups is 1. The minimum absolute atomic E-state index is 0.0867. The molecule has 1 radical (unpaired) electrons. The van der Waals surface area contributed by atoms with Crippen LogP contribution in [0.25, 0.3) is 5.57 Å². The summed E-state index contributed by atoms with van der Waals surface area (Å²) in [5, 5.41) is 10.5. The van der Waals surface area contributed by atoms with Crippen LogP contribution in [0.1, 0.15) is 5.56 Å². The van der Waals surface area contributed by atoms with Crippen LogP contribution in [0.3, 0.4) is 0 Å². The first-order valence-electron chi connectivity index (χ1n) is 5.17. The Morgan fingerprint density at radius 3 is 2.65 bits per heavy atom. The van der Waals surface area contributed by atoms with Crippen molar-refractivity contribution in [1.82, 2.24) is 4.81 Å². The van der Waals surface area contributed by atoms with Gasteiger partial charge >= 0.3 is 0 Å². The van der Waals surface area contributed by atoms with E-state index in [2.05, 4.69) is 0 Å². The summed E-state index contributed by atoms with van der Waals surface area (Å²) in [6.45, 7) is 1.36. The fourth-order valence-electron chi connectivity index (χ4n) is 1.78. The lowest BCUT2D eigenvalue weighted by Gasteiger charge is -2.10. The van der Waals surface area contributed by atoms with Crippen molar-refractivity contribution in [3.05, 3.63) is 46.0 Å². The van der Waals surface area contributed by atoms with E-state index in [1.807, 2.05) is 10.9 Å². The molecule has 1 aliphatic rings. The lowest BCUT2D eigenvalue weighted by atomic mass is 9.95. The van der Waals surface area contributed by atoms with E-state index in [0.29, 0.717) is 13.1 Å². The van der Waals surface area contributed by atoms with Crippen molar-refractivity contribution in [3.8, 4) is 0 Å². The molecule has 17 heavy (non-hydrogen) atoms. The highest BCUT2D eigenvalue weighted by molar-refractivity contribution is 6.64. The third-order valence-corrected chi connectivity index (χ3v) is 2.67. The quantitative estimate of drug-likeness (QED) is 0.335. The zero-order chi connectivity index (χ0) is 12.3. The zero-order valence-electron chi connectivity index (χ0n) is 9.07. The van der Waals surface area contributed by atoms with Gasteiger partial charge in [0, 0.05) is 25.2 Å². The fraction of sp³-hybridized carbons (Fsp3) is 0.182. The number of hydrogen-bond donors (Lipinski definition) is 0. The lowest BCUT2D eigenvalue weighted by Crippen LogP contribution is -2.26. The highest BCUT2D eigenvalue weighted by Crippen LogP contribution is 2.22. The number of carbonyl (C=O) groups excluding carboxylic acids is 1. The van der Waals surface area contributed by atoms with Crippen LogP contribution in [-0.4, -0.2) is 36.4 Å². The van der Waals surface area contributed by atoms with Crippen molar-refractivity contribution in [2.24, 2.45) is 0 Å². The average molecular weight is 229 g/mol. The SMILES string of the molecule is O=C[B]N1CC=C(c2ccc([N+](=O)[O-])cc2)C1. The molecule has 0 atom stereocenters. The van der Waals surface area contributed by atoms with Crippen LogP contribution in [0.5, 0.6) is 0 Å². The molecule has 5 nitrogen and oxygen atoms in total. The van der Waals surface area contributed by atoms with E-state index in [1.165, 1.54) is 19.5 Å². The summed E-state index contributed by atoms with van der Waals surface area (Å²) in [6.07, 6.45) is 2.77.